The average Bonchev–Trinajstić information content (AvgIpc) is 3.11. The van der Waals surface area contributed by atoms with E-state index in [4.69, 9.17) is 4.74 Å². The third-order valence-corrected chi connectivity index (χ3v) is 6.73. The number of rotatable bonds is 4. The summed E-state index contributed by atoms with van der Waals surface area (Å²) in [5.74, 6) is 0.818. The highest BCUT2D eigenvalue weighted by molar-refractivity contribution is 7.12. The van der Waals surface area contributed by atoms with E-state index in [0.717, 1.165) is 19.3 Å². The monoisotopic (exact) mass is 362 g/mol. The Bertz CT molecular complexity index is 650. The molecule has 1 aromatic heterocycles. The molecule has 1 heterocycles. The van der Waals surface area contributed by atoms with Crippen LogP contribution in [0.5, 0.6) is 0 Å². The SMILES string of the molecule is O=C(COC(=O)C12CC3CC(CC(C3)C1)C2)NNC(=O)c1cccs1. The van der Waals surface area contributed by atoms with Gasteiger partial charge in [-0.1, -0.05) is 6.07 Å². The van der Waals surface area contributed by atoms with E-state index in [1.165, 1.54) is 30.6 Å². The summed E-state index contributed by atoms with van der Waals surface area (Å²) in [6.45, 7) is -0.356. The van der Waals surface area contributed by atoms with Crippen LogP contribution >= 0.6 is 11.3 Å². The molecular formula is C18H22N2O4S. The standard InChI is InChI=1S/C18H22N2O4S/c21-15(19-20-16(22)14-2-1-3-25-14)10-24-17(23)18-7-11-4-12(8-18)6-13(5-11)9-18/h1-3,11-13H,4-10H2,(H,19,21)(H,20,22). The van der Waals surface area contributed by atoms with E-state index >= 15 is 0 Å². The molecule has 0 atom stereocenters. The minimum absolute atomic E-state index is 0.230. The summed E-state index contributed by atoms with van der Waals surface area (Å²) in [4.78, 5) is 36.7. The maximum absolute atomic E-state index is 12.6. The molecule has 0 spiro atoms. The van der Waals surface area contributed by atoms with Gasteiger partial charge in [0.1, 0.15) is 0 Å². The van der Waals surface area contributed by atoms with Crippen LogP contribution in [0.4, 0.5) is 0 Å². The van der Waals surface area contributed by atoms with Gasteiger partial charge < -0.3 is 4.74 Å². The molecule has 6 nitrogen and oxygen atoms in total. The van der Waals surface area contributed by atoms with Crippen molar-refractivity contribution >= 4 is 29.1 Å². The topological polar surface area (TPSA) is 84.5 Å². The maximum Gasteiger partial charge on any atom is 0.312 e. The Morgan fingerprint density at radius 3 is 2.28 bits per heavy atom. The van der Waals surface area contributed by atoms with Crippen LogP contribution in [-0.2, 0) is 14.3 Å². The van der Waals surface area contributed by atoms with Crippen molar-refractivity contribution in [2.45, 2.75) is 38.5 Å². The van der Waals surface area contributed by atoms with E-state index < -0.39 is 5.91 Å². The normalized spacial score (nSPS) is 32.2. The molecule has 4 aliphatic carbocycles. The van der Waals surface area contributed by atoms with E-state index in [9.17, 15) is 14.4 Å². The minimum Gasteiger partial charge on any atom is -0.455 e. The van der Waals surface area contributed by atoms with Crippen molar-refractivity contribution in [1.82, 2.24) is 10.9 Å². The molecule has 0 unspecified atom stereocenters. The number of hydrogen-bond acceptors (Lipinski definition) is 5. The number of nitrogens with one attached hydrogen (secondary N) is 2. The van der Waals surface area contributed by atoms with Gasteiger partial charge in [0.05, 0.1) is 10.3 Å². The molecule has 7 heteroatoms. The van der Waals surface area contributed by atoms with Crippen LogP contribution in [-0.4, -0.2) is 24.4 Å². The number of amides is 2. The second-order valence-corrected chi connectivity index (χ2v) is 8.70. The first-order chi connectivity index (χ1) is 12.0. The van der Waals surface area contributed by atoms with Crippen LogP contribution in [0.15, 0.2) is 17.5 Å². The van der Waals surface area contributed by atoms with Crippen molar-refractivity contribution in [3.63, 3.8) is 0 Å². The summed E-state index contributed by atoms with van der Waals surface area (Å²) in [6.07, 6.45) is 6.49. The van der Waals surface area contributed by atoms with Crippen LogP contribution in [0.3, 0.4) is 0 Å². The number of hydrazine groups is 1. The molecule has 134 valence electrons. The van der Waals surface area contributed by atoms with Crippen LogP contribution in [0, 0.1) is 23.2 Å². The predicted octanol–water partition coefficient (Wildman–Crippen LogP) is 2.27. The smallest absolute Gasteiger partial charge is 0.312 e. The molecule has 4 fully saturated rings. The van der Waals surface area contributed by atoms with Gasteiger partial charge in [0.2, 0.25) is 0 Å². The Morgan fingerprint density at radius 2 is 1.72 bits per heavy atom. The third kappa shape index (κ3) is 3.29. The summed E-state index contributed by atoms with van der Waals surface area (Å²) in [5, 5.41) is 1.78. The number of thiophene rings is 1. The molecule has 5 rings (SSSR count). The van der Waals surface area contributed by atoms with Crippen molar-refractivity contribution in [3.8, 4) is 0 Å². The zero-order chi connectivity index (χ0) is 17.4. The molecule has 0 radical (unpaired) electrons. The Balaban J connectivity index is 1.26. The molecule has 1 aromatic rings. The fourth-order valence-electron chi connectivity index (χ4n) is 5.28. The molecule has 2 amide bonds. The van der Waals surface area contributed by atoms with Gasteiger partial charge in [-0.05, 0) is 67.7 Å². The van der Waals surface area contributed by atoms with E-state index in [-0.39, 0.29) is 23.9 Å². The average molecular weight is 362 g/mol. The predicted molar refractivity (Wildman–Crippen MR) is 91.5 cm³/mol. The van der Waals surface area contributed by atoms with E-state index in [0.29, 0.717) is 22.6 Å². The highest BCUT2D eigenvalue weighted by atomic mass is 32.1. The Morgan fingerprint density at radius 1 is 1.08 bits per heavy atom. The molecule has 0 aromatic carbocycles. The van der Waals surface area contributed by atoms with Crippen molar-refractivity contribution in [3.05, 3.63) is 22.4 Å². The van der Waals surface area contributed by atoms with Gasteiger partial charge >= 0.3 is 5.97 Å². The van der Waals surface area contributed by atoms with Crippen LogP contribution in [0.25, 0.3) is 0 Å². The van der Waals surface area contributed by atoms with E-state index in [1.54, 1.807) is 17.5 Å². The Labute approximate surface area is 150 Å². The van der Waals surface area contributed by atoms with Gasteiger partial charge in [-0.15, -0.1) is 11.3 Å². The van der Waals surface area contributed by atoms with Crippen LogP contribution in [0.2, 0.25) is 0 Å². The molecule has 0 saturated heterocycles. The molecule has 25 heavy (non-hydrogen) atoms. The highest BCUT2D eigenvalue weighted by Crippen LogP contribution is 2.60. The first kappa shape index (κ1) is 16.6. The van der Waals surface area contributed by atoms with Crippen LogP contribution in [0.1, 0.15) is 48.2 Å². The Hall–Kier alpha value is -1.89. The second-order valence-electron chi connectivity index (χ2n) is 7.75. The number of carbonyl (C=O) groups excluding carboxylic acids is 3. The zero-order valence-corrected chi connectivity index (χ0v) is 14.8. The molecule has 4 bridgehead atoms. The molecular weight excluding hydrogens is 340 g/mol. The van der Waals surface area contributed by atoms with Gasteiger partial charge in [0, 0.05) is 0 Å². The minimum atomic E-state index is -0.525. The third-order valence-electron chi connectivity index (χ3n) is 5.87. The van der Waals surface area contributed by atoms with Crippen molar-refractivity contribution < 1.29 is 19.1 Å². The molecule has 4 aliphatic rings. The molecule has 2 N–H and O–H groups in total. The Kier molecular flexibility index (Phi) is 4.27. The number of esters is 1. The zero-order valence-electron chi connectivity index (χ0n) is 14.0. The number of carbonyl (C=O) groups is 3. The lowest BCUT2D eigenvalue weighted by molar-refractivity contribution is -0.173. The van der Waals surface area contributed by atoms with Crippen molar-refractivity contribution in [2.24, 2.45) is 23.2 Å². The van der Waals surface area contributed by atoms with Gasteiger partial charge in [-0.2, -0.15) is 0 Å². The maximum atomic E-state index is 12.6. The summed E-state index contributed by atoms with van der Waals surface area (Å²) in [7, 11) is 0. The highest BCUT2D eigenvalue weighted by Gasteiger charge is 2.55. The van der Waals surface area contributed by atoms with Crippen molar-refractivity contribution in [2.75, 3.05) is 6.61 Å². The lowest BCUT2D eigenvalue weighted by atomic mass is 9.49. The fourth-order valence-corrected chi connectivity index (χ4v) is 5.90. The quantitative estimate of drug-likeness (QED) is 0.636. The van der Waals surface area contributed by atoms with Gasteiger partial charge in [0.25, 0.3) is 11.8 Å². The number of ether oxygens (including phenoxy) is 1. The summed E-state index contributed by atoms with van der Waals surface area (Å²) >= 11 is 1.28. The fraction of sp³-hybridized carbons (Fsp3) is 0.611. The lowest BCUT2D eigenvalue weighted by Gasteiger charge is -2.55. The van der Waals surface area contributed by atoms with Crippen molar-refractivity contribution in [1.29, 1.82) is 0 Å². The lowest BCUT2D eigenvalue weighted by Crippen LogP contribution is -2.51. The largest absolute Gasteiger partial charge is 0.455 e. The first-order valence-electron chi connectivity index (χ1n) is 8.84. The van der Waals surface area contributed by atoms with E-state index in [1.807, 2.05) is 0 Å². The van der Waals surface area contributed by atoms with Gasteiger partial charge in [-0.3, -0.25) is 25.2 Å². The summed E-state index contributed by atoms with van der Waals surface area (Å²) in [5.41, 5.74) is 4.25. The van der Waals surface area contributed by atoms with Gasteiger partial charge in [0.15, 0.2) is 6.61 Å². The second kappa shape index (κ2) is 6.44. The van der Waals surface area contributed by atoms with E-state index in [2.05, 4.69) is 10.9 Å². The van der Waals surface area contributed by atoms with Gasteiger partial charge in [-0.25, -0.2) is 0 Å². The first-order valence-corrected chi connectivity index (χ1v) is 9.72. The molecule has 0 aliphatic heterocycles. The summed E-state index contributed by atoms with van der Waals surface area (Å²) < 4.78 is 5.31. The number of hydrogen-bond donors (Lipinski definition) is 2. The van der Waals surface area contributed by atoms with Crippen LogP contribution < -0.4 is 10.9 Å². The molecule has 4 saturated carbocycles. The summed E-state index contributed by atoms with van der Waals surface area (Å²) in [6, 6.07) is 3.42.